The van der Waals surface area contributed by atoms with Crippen LogP contribution in [-0.2, 0) is 16.6 Å². The van der Waals surface area contributed by atoms with Gasteiger partial charge in [-0.25, -0.2) is 13.1 Å². The van der Waals surface area contributed by atoms with Crippen LogP contribution in [-0.4, -0.2) is 20.9 Å². The molecule has 1 amide bonds. The molecule has 0 saturated carbocycles. The van der Waals surface area contributed by atoms with E-state index in [-0.39, 0.29) is 17.3 Å². The molecule has 0 bridgehead atoms. The molecule has 0 radical (unpaired) electrons. The molecule has 0 aliphatic heterocycles. The number of benzene rings is 2. The Morgan fingerprint density at radius 2 is 1.77 bits per heavy atom. The number of nitrogens with one attached hydrogen (secondary N) is 2. The van der Waals surface area contributed by atoms with Crippen LogP contribution in [0.25, 0.3) is 0 Å². The van der Waals surface area contributed by atoms with Gasteiger partial charge in [-0.3, -0.25) is 4.79 Å². The Morgan fingerprint density at radius 3 is 2.45 bits per heavy atom. The molecule has 0 aromatic heterocycles. The average Bonchev–Trinajstić information content (AvgIpc) is 2.54. The first kappa shape index (κ1) is 16.2. The van der Waals surface area contributed by atoms with E-state index >= 15 is 0 Å². The number of carbonyl (C=O) groups is 1. The van der Waals surface area contributed by atoms with Gasteiger partial charge in [0.05, 0.1) is 4.90 Å². The number of amides is 1. The molecule has 5 nitrogen and oxygen atoms in total. The molecule has 0 fully saturated rings. The van der Waals surface area contributed by atoms with Crippen molar-refractivity contribution in [2.45, 2.75) is 18.4 Å². The molecule has 6 heteroatoms. The standard InChI is InChI=1S/C16H18N2O3S/c1-2-17-16(19)14-9-6-10-15(11-14)22(20,21)18-12-13-7-4-3-5-8-13/h3-11,18H,2,12H2,1H3,(H,17,19). The largest absolute Gasteiger partial charge is 0.352 e. The minimum absolute atomic E-state index is 0.0761. The fourth-order valence-corrected chi connectivity index (χ4v) is 2.99. The first-order valence-corrected chi connectivity index (χ1v) is 8.43. The summed E-state index contributed by atoms with van der Waals surface area (Å²) < 4.78 is 27.1. The van der Waals surface area contributed by atoms with Crippen LogP contribution in [0.1, 0.15) is 22.8 Å². The Kier molecular flexibility index (Phi) is 5.30. The topological polar surface area (TPSA) is 75.3 Å². The van der Waals surface area contributed by atoms with Gasteiger partial charge in [-0.2, -0.15) is 0 Å². The van der Waals surface area contributed by atoms with Crippen LogP contribution >= 0.6 is 0 Å². The highest BCUT2D eigenvalue weighted by atomic mass is 32.2. The molecule has 2 aromatic rings. The summed E-state index contributed by atoms with van der Waals surface area (Å²) in [4.78, 5) is 11.9. The number of hydrogen-bond acceptors (Lipinski definition) is 3. The molecule has 116 valence electrons. The minimum Gasteiger partial charge on any atom is -0.352 e. The van der Waals surface area contributed by atoms with Crippen molar-refractivity contribution in [3.05, 3.63) is 65.7 Å². The van der Waals surface area contributed by atoms with Crippen molar-refractivity contribution in [2.75, 3.05) is 6.54 Å². The molecular formula is C16H18N2O3S. The SMILES string of the molecule is CCNC(=O)c1cccc(S(=O)(=O)NCc2ccccc2)c1. The Hall–Kier alpha value is -2.18. The number of hydrogen-bond donors (Lipinski definition) is 2. The number of carbonyl (C=O) groups excluding carboxylic acids is 1. The van der Waals surface area contributed by atoms with Crippen LogP contribution in [0.4, 0.5) is 0 Å². The third kappa shape index (κ3) is 4.16. The quantitative estimate of drug-likeness (QED) is 0.854. The lowest BCUT2D eigenvalue weighted by atomic mass is 10.2. The van der Waals surface area contributed by atoms with Gasteiger partial charge in [0.1, 0.15) is 0 Å². The van der Waals surface area contributed by atoms with Crippen LogP contribution in [0.3, 0.4) is 0 Å². The van der Waals surface area contributed by atoms with Gasteiger partial charge in [-0.1, -0.05) is 36.4 Å². The Morgan fingerprint density at radius 1 is 1.05 bits per heavy atom. The molecule has 2 aromatic carbocycles. The van der Waals surface area contributed by atoms with Crippen LogP contribution < -0.4 is 10.0 Å². The van der Waals surface area contributed by atoms with E-state index in [9.17, 15) is 13.2 Å². The van der Waals surface area contributed by atoms with E-state index in [0.717, 1.165) is 5.56 Å². The first-order chi connectivity index (χ1) is 10.5. The van der Waals surface area contributed by atoms with E-state index in [1.165, 1.54) is 12.1 Å². The summed E-state index contributed by atoms with van der Waals surface area (Å²) in [6, 6.07) is 15.2. The summed E-state index contributed by atoms with van der Waals surface area (Å²) in [7, 11) is -3.66. The zero-order valence-corrected chi connectivity index (χ0v) is 13.1. The van der Waals surface area contributed by atoms with E-state index in [0.29, 0.717) is 12.1 Å². The lowest BCUT2D eigenvalue weighted by Crippen LogP contribution is -2.25. The van der Waals surface area contributed by atoms with E-state index in [2.05, 4.69) is 10.0 Å². The van der Waals surface area contributed by atoms with Gasteiger partial charge in [0.2, 0.25) is 10.0 Å². The molecular weight excluding hydrogens is 300 g/mol. The third-order valence-corrected chi connectivity index (χ3v) is 4.45. The van der Waals surface area contributed by atoms with Gasteiger partial charge in [0.25, 0.3) is 5.91 Å². The second-order valence-corrected chi connectivity index (χ2v) is 6.46. The van der Waals surface area contributed by atoms with Crippen molar-refractivity contribution < 1.29 is 13.2 Å². The molecule has 2 rings (SSSR count). The van der Waals surface area contributed by atoms with Gasteiger partial charge in [0, 0.05) is 18.7 Å². The van der Waals surface area contributed by atoms with Gasteiger partial charge in [-0.15, -0.1) is 0 Å². The molecule has 0 atom stereocenters. The van der Waals surface area contributed by atoms with Crippen molar-refractivity contribution in [3.63, 3.8) is 0 Å². The van der Waals surface area contributed by atoms with Crippen LogP contribution in [0.5, 0.6) is 0 Å². The maximum Gasteiger partial charge on any atom is 0.251 e. The lowest BCUT2D eigenvalue weighted by molar-refractivity contribution is 0.0955. The van der Waals surface area contributed by atoms with Gasteiger partial charge >= 0.3 is 0 Å². The Bertz CT molecular complexity index is 743. The molecule has 22 heavy (non-hydrogen) atoms. The molecule has 0 aliphatic rings. The van der Waals surface area contributed by atoms with Crippen LogP contribution in [0.2, 0.25) is 0 Å². The predicted molar refractivity (Wildman–Crippen MR) is 84.9 cm³/mol. The van der Waals surface area contributed by atoms with Crippen molar-refractivity contribution in [1.82, 2.24) is 10.0 Å². The molecule has 0 aliphatic carbocycles. The fraction of sp³-hybridized carbons (Fsp3) is 0.188. The van der Waals surface area contributed by atoms with E-state index < -0.39 is 10.0 Å². The highest BCUT2D eigenvalue weighted by Crippen LogP contribution is 2.12. The number of sulfonamides is 1. The van der Waals surface area contributed by atoms with Gasteiger partial charge in [-0.05, 0) is 30.7 Å². The van der Waals surface area contributed by atoms with Crippen molar-refractivity contribution >= 4 is 15.9 Å². The smallest absolute Gasteiger partial charge is 0.251 e. The maximum atomic E-state index is 12.3. The van der Waals surface area contributed by atoms with Crippen molar-refractivity contribution in [2.24, 2.45) is 0 Å². The van der Waals surface area contributed by atoms with Crippen molar-refractivity contribution in [1.29, 1.82) is 0 Å². The second-order valence-electron chi connectivity index (χ2n) is 4.70. The highest BCUT2D eigenvalue weighted by molar-refractivity contribution is 7.89. The predicted octanol–water partition coefficient (Wildman–Crippen LogP) is 1.91. The monoisotopic (exact) mass is 318 g/mol. The zero-order valence-electron chi connectivity index (χ0n) is 12.2. The summed E-state index contributed by atoms with van der Waals surface area (Å²) >= 11 is 0. The maximum absolute atomic E-state index is 12.3. The highest BCUT2D eigenvalue weighted by Gasteiger charge is 2.15. The Labute approximate surface area is 130 Å². The van der Waals surface area contributed by atoms with Crippen LogP contribution in [0.15, 0.2) is 59.5 Å². The summed E-state index contributed by atoms with van der Waals surface area (Å²) in [5, 5.41) is 2.64. The molecule has 0 unspecified atom stereocenters. The van der Waals surface area contributed by atoms with E-state index in [1.54, 1.807) is 19.1 Å². The summed E-state index contributed by atoms with van der Waals surface area (Å²) in [5.74, 6) is -0.289. The lowest BCUT2D eigenvalue weighted by Gasteiger charge is -2.08. The second kappa shape index (κ2) is 7.20. The molecule has 0 heterocycles. The Balaban J connectivity index is 2.15. The number of rotatable bonds is 6. The first-order valence-electron chi connectivity index (χ1n) is 6.95. The van der Waals surface area contributed by atoms with Crippen molar-refractivity contribution in [3.8, 4) is 0 Å². The average molecular weight is 318 g/mol. The minimum atomic E-state index is -3.66. The van der Waals surface area contributed by atoms with Gasteiger partial charge in [0.15, 0.2) is 0 Å². The van der Waals surface area contributed by atoms with E-state index in [1.807, 2.05) is 30.3 Å². The molecule has 0 spiro atoms. The summed E-state index contributed by atoms with van der Waals surface area (Å²) in [6.45, 7) is 2.50. The summed E-state index contributed by atoms with van der Waals surface area (Å²) in [6.07, 6.45) is 0. The fourth-order valence-electron chi connectivity index (χ4n) is 1.92. The molecule has 0 saturated heterocycles. The summed E-state index contributed by atoms with van der Waals surface area (Å²) in [5.41, 5.74) is 1.19. The normalized spacial score (nSPS) is 11.1. The molecule has 2 N–H and O–H groups in total. The van der Waals surface area contributed by atoms with Gasteiger partial charge < -0.3 is 5.32 Å². The zero-order chi connectivity index (χ0) is 16.0. The third-order valence-electron chi connectivity index (χ3n) is 3.05. The van der Waals surface area contributed by atoms with E-state index in [4.69, 9.17) is 0 Å². The van der Waals surface area contributed by atoms with Crippen LogP contribution in [0, 0.1) is 0 Å².